The average Bonchev–Trinajstić information content (AvgIpc) is 2.26. The van der Waals surface area contributed by atoms with Crippen molar-refractivity contribution in [2.75, 3.05) is 6.26 Å². The van der Waals surface area contributed by atoms with Crippen molar-refractivity contribution in [2.24, 2.45) is 0 Å². The number of aromatic carboxylic acids is 1. The van der Waals surface area contributed by atoms with Gasteiger partial charge in [0.15, 0.2) is 0 Å². The van der Waals surface area contributed by atoms with Gasteiger partial charge >= 0.3 is 5.97 Å². The minimum absolute atomic E-state index is 0.359. The van der Waals surface area contributed by atoms with Crippen molar-refractivity contribution in [3.05, 3.63) is 48.0 Å². The number of benzene rings is 2. The van der Waals surface area contributed by atoms with E-state index in [9.17, 15) is 13.2 Å². The van der Waals surface area contributed by atoms with Crippen LogP contribution in [0.1, 0.15) is 10.4 Å². The van der Waals surface area contributed by atoms with Gasteiger partial charge in [-0.3, -0.25) is 4.55 Å². The molecule has 0 saturated carbocycles. The fraction of sp³-hybridized carbons (Fsp3) is 0.0833. The second-order valence-corrected chi connectivity index (χ2v) is 5.03. The number of fused-ring (bicyclic) bond motifs is 1. The Bertz CT molecular complexity index is 648. The standard InChI is InChI=1S/C11H8O2.CH4O3S/c12-11(13)10-7-3-5-8-4-1-2-6-9(8)10;1-5(2,3)4/h1-7H,(H,12,13);1H3,(H,2,3,4). The van der Waals surface area contributed by atoms with Gasteiger partial charge in [-0.05, 0) is 16.8 Å². The van der Waals surface area contributed by atoms with Gasteiger partial charge in [0, 0.05) is 0 Å². The van der Waals surface area contributed by atoms with Crippen molar-refractivity contribution in [3.63, 3.8) is 0 Å². The molecule has 0 heterocycles. The second-order valence-electron chi connectivity index (χ2n) is 3.56. The lowest BCUT2D eigenvalue weighted by Crippen LogP contribution is -1.96. The third-order valence-corrected chi connectivity index (χ3v) is 2.02. The quantitative estimate of drug-likeness (QED) is 0.772. The zero-order chi connectivity index (χ0) is 13.8. The summed E-state index contributed by atoms with van der Waals surface area (Å²) in [6.45, 7) is 0. The summed E-state index contributed by atoms with van der Waals surface area (Å²) in [6.07, 6.45) is 0.715. The maximum Gasteiger partial charge on any atom is 0.336 e. The highest BCUT2D eigenvalue weighted by atomic mass is 32.2. The van der Waals surface area contributed by atoms with Crippen LogP contribution in [0.25, 0.3) is 10.8 Å². The summed E-state index contributed by atoms with van der Waals surface area (Å²) in [4.78, 5) is 10.8. The molecule has 2 rings (SSSR count). The molecule has 2 N–H and O–H groups in total. The molecular formula is C12H12O5S. The normalized spacial score (nSPS) is 10.6. The lowest BCUT2D eigenvalue weighted by atomic mass is 10.1. The van der Waals surface area contributed by atoms with Crippen LogP contribution in [0.4, 0.5) is 0 Å². The van der Waals surface area contributed by atoms with Crippen LogP contribution in [0.3, 0.4) is 0 Å². The summed E-state index contributed by atoms with van der Waals surface area (Å²) in [5.41, 5.74) is 0.359. The van der Waals surface area contributed by atoms with E-state index in [1.165, 1.54) is 0 Å². The summed E-state index contributed by atoms with van der Waals surface area (Å²) < 4.78 is 25.9. The van der Waals surface area contributed by atoms with Gasteiger partial charge in [-0.15, -0.1) is 0 Å². The molecule has 6 heteroatoms. The smallest absolute Gasteiger partial charge is 0.336 e. The Labute approximate surface area is 104 Å². The Balaban J connectivity index is 0.000000280. The van der Waals surface area contributed by atoms with Crippen LogP contribution < -0.4 is 0 Å². The predicted molar refractivity (Wildman–Crippen MR) is 68.4 cm³/mol. The minimum atomic E-state index is -3.67. The second kappa shape index (κ2) is 5.61. The van der Waals surface area contributed by atoms with E-state index in [2.05, 4.69) is 0 Å². The van der Waals surface area contributed by atoms with E-state index >= 15 is 0 Å². The topological polar surface area (TPSA) is 91.7 Å². The predicted octanol–water partition coefficient (Wildman–Crippen LogP) is 2.04. The first-order valence-electron chi connectivity index (χ1n) is 4.92. The molecule has 0 aliphatic rings. The van der Waals surface area contributed by atoms with Crippen molar-refractivity contribution >= 4 is 26.9 Å². The van der Waals surface area contributed by atoms with Crippen LogP contribution in [-0.2, 0) is 10.1 Å². The summed E-state index contributed by atoms with van der Waals surface area (Å²) in [5, 5.41) is 10.6. The third-order valence-electron chi connectivity index (χ3n) is 2.02. The van der Waals surface area contributed by atoms with E-state index in [0.717, 1.165) is 10.8 Å². The van der Waals surface area contributed by atoms with E-state index < -0.39 is 16.1 Å². The molecule has 96 valence electrons. The fourth-order valence-electron chi connectivity index (χ4n) is 1.41. The third kappa shape index (κ3) is 4.52. The van der Waals surface area contributed by atoms with Gasteiger partial charge in [-0.1, -0.05) is 36.4 Å². The minimum Gasteiger partial charge on any atom is -0.478 e. The monoisotopic (exact) mass is 268 g/mol. The molecule has 0 spiro atoms. The Hall–Kier alpha value is -1.92. The molecule has 0 aromatic heterocycles. The number of carbonyl (C=O) groups is 1. The molecule has 0 amide bonds. The van der Waals surface area contributed by atoms with Crippen molar-refractivity contribution in [1.29, 1.82) is 0 Å². The maximum atomic E-state index is 10.8. The summed E-state index contributed by atoms with van der Waals surface area (Å²) in [5.74, 6) is -0.878. The first-order chi connectivity index (χ1) is 8.29. The van der Waals surface area contributed by atoms with Gasteiger partial charge in [0.2, 0.25) is 0 Å². The average molecular weight is 268 g/mol. The van der Waals surface area contributed by atoms with Gasteiger partial charge in [-0.2, -0.15) is 8.42 Å². The number of rotatable bonds is 1. The molecule has 0 aliphatic carbocycles. The van der Waals surface area contributed by atoms with E-state index in [4.69, 9.17) is 9.66 Å². The molecule has 0 bridgehead atoms. The van der Waals surface area contributed by atoms with E-state index in [-0.39, 0.29) is 0 Å². The fourth-order valence-corrected chi connectivity index (χ4v) is 1.41. The van der Waals surface area contributed by atoms with Gasteiger partial charge in [0.1, 0.15) is 0 Å². The van der Waals surface area contributed by atoms with E-state index in [1.54, 1.807) is 12.1 Å². The SMILES string of the molecule is CS(=O)(=O)O.O=C(O)c1cccc2ccccc12. The molecule has 0 unspecified atom stereocenters. The van der Waals surface area contributed by atoms with Crippen LogP contribution in [0.5, 0.6) is 0 Å². The first kappa shape index (κ1) is 14.1. The Morgan fingerprint density at radius 3 is 2.11 bits per heavy atom. The van der Waals surface area contributed by atoms with E-state index in [1.807, 2.05) is 30.3 Å². The zero-order valence-corrected chi connectivity index (χ0v) is 10.4. The molecule has 0 radical (unpaired) electrons. The number of carboxylic acids is 1. The van der Waals surface area contributed by atoms with Crippen LogP contribution in [-0.4, -0.2) is 30.3 Å². The maximum absolute atomic E-state index is 10.8. The first-order valence-corrected chi connectivity index (χ1v) is 6.77. The molecule has 0 aliphatic heterocycles. The highest BCUT2D eigenvalue weighted by Crippen LogP contribution is 2.17. The highest BCUT2D eigenvalue weighted by Gasteiger charge is 2.05. The van der Waals surface area contributed by atoms with Crippen molar-refractivity contribution in [2.45, 2.75) is 0 Å². The Kier molecular flexibility index (Phi) is 4.41. The Morgan fingerprint density at radius 2 is 1.56 bits per heavy atom. The molecule has 2 aromatic carbocycles. The molecule has 0 saturated heterocycles. The van der Waals surface area contributed by atoms with Crippen LogP contribution >= 0.6 is 0 Å². The van der Waals surface area contributed by atoms with Gasteiger partial charge in [0.25, 0.3) is 10.1 Å². The number of hydrogen-bond acceptors (Lipinski definition) is 3. The van der Waals surface area contributed by atoms with E-state index in [0.29, 0.717) is 11.8 Å². The van der Waals surface area contributed by atoms with Crippen molar-refractivity contribution in [1.82, 2.24) is 0 Å². The zero-order valence-electron chi connectivity index (χ0n) is 9.57. The van der Waals surface area contributed by atoms with Crippen molar-refractivity contribution in [3.8, 4) is 0 Å². The summed E-state index contributed by atoms with van der Waals surface area (Å²) in [6, 6.07) is 12.7. The van der Waals surface area contributed by atoms with Crippen LogP contribution in [0.15, 0.2) is 42.5 Å². The Morgan fingerprint density at radius 1 is 1.06 bits per heavy atom. The molecule has 0 fully saturated rings. The number of hydrogen-bond donors (Lipinski definition) is 2. The lowest BCUT2D eigenvalue weighted by Gasteiger charge is -2.00. The molecule has 0 atom stereocenters. The molecule has 5 nitrogen and oxygen atoms in total. The summed E-state index contributed by atoms with van der Waals surface area (Å²) in [7, 11) is -3.67. The largest absolute Gasteiger partial charge is 0.478 e. The number of carboxylic acid groups (broad SMARTS) is 1. The van der Waals surface area contributed by atoms with Crippen LogP contribution in [0, 0.1) is 0 Å². The molecule has 2 aromatic rings. The summed E-state index contributed by atoms with van der Waals surface area (Å²) >= 11 is 0. The van der Waals surface area contributed by atoms with Gasteiger partial charge in [0.05, 0.1) is 11.8 Å². The van der Waals surface area contributed by atoms with Gasteiger partial charge in [-0.25, -0.2) is 4.79 Å². The lowest BCUT2D eigenvalue weighted by molar-refractivity contribution is 0.0699. The van der Waals surface area contributed by atoms with Crippen LogP contribution in [0.2, 0.25) is 0 Å². The molecule has 18 heavy (non-hydrogen) atoms. The molecular weight excluding hydrogens is 256 g/mol. The highest BCUT2D eigenvalue weighted by molar-refractivity contribution is 7.85. The van der Waals surface area contributed by atoms with Crippen molar-refractivity contribution < 1.29 is 22.9 Å². The van der Waals surface area contributed by atoms with Gasteiger partial charge < -0.3 is 5.11 Å².